The van der Waals surface area contributed by atoms with Crippen molar-refractivity contribution in [3.8, 4) is 0 Å². The highest BCUT2D eigenvalue weighted by Gasteiger charge is 2.07. The van der Waals surface area contributed by atoms with Crippen LogP contribution in [-0.2, 0) is 0 Å². The minimum absolute atomic E-state index is 0.249. The first-order valence-corrected chi connectivity index (χ1v) is 4.30. The van der Waals surface area contributed by atoms with Crippen LogP contribution in [0.2, 0.25) is 10.0 Å². The van der Waals surface area contributed by atoms with Crippen LogP contribution in [0, 0.1) is 0 Å². The Morgan fingerprint density at radius 2 is 2.00 bits per heavy atom. The van der Waals surface area contributed by atoms with E-state index in [1.807, 2.05) is 0 Å². The fraction of sp³-hybridized carbons (Fsp3) is 0. The number of carbonyl (C=O) groups excluding carboxylic acids is 1. The summed E-state index contributed by atoms with van der Waals surface area (Å²) >= 11 is 11.6. The standard InChI is InChI=1S/C9H4Cl2O2/c10-5-1-8(11)7-3-6(4-12)13-9(7)2-5/h1-4H. The van der Waals surface area contributed by atoms with Crippen LogP contribution < -0.4 is 0 Å². The predicted octanol–water partition coefficient (Wildman–Crippen LogP) is 3.55. The van der Waals surface area contributed by atoms with Crippen LogP contribution in [0.15, 0.2) is 22.6 Å². The van der Waals surface area contributed by atoms with Gasteiger partial charge in [-0.15, -0.1) is 0 Å². The molecule has 1 aromatic carbocycles. The first-order valence-electron chi connectivity index (χ1n) is 3.54. The molecule has 0 amide bonds. The summed E-state index contributed by atoms with van der Waals surface area (Å²) in [5.74, 6) is 0.249. The van der Waals surface area contributed by atoms with Crippen molar-refractivity contribution >= 4 is 40.5 Å². The lowest BCUT2D eigenvalue weighted by Crippen LogP contribution is -1.67. The van der Waals surface area contributed by atoms with E-state index in [0.717, 1.165) is 0 Å². The maximum Gasteiger partial charge on any atom is 0.185 e. The van der Waals surface area contributed by atoms with Crippen LogP contribution in [0.1, 0.15) is 10.6 Å². The molecule has 0 saturated heterocycles. The van der Waals surface area contributed by atoms with Gasteiger partial charge in [0.15, 0.2) is 12.0 Å². The average Bonchev–Trinajstić information content (AvgIpc) is 2.47. The third-order valence-corrected chi connectivity index (χ3v) is 2.22. The second-order valence-electron chi connectivity index (χ2n) is 2.57. The lowest BCUT2D eigenvalue weighted by Gasteiger charge is -1.92. The zero-order valence-corrected chi connectivity index (χ0v) is 7.89. The SMILES string of the molecule is O=Cc1cc2c(Cl)cc(Cl)cc2o1. The lowest BCUT2D eigenvalue weighted by molar-refractivity contribution is 0.110. The van der Waals surface area contributed by atoms with Crippen LogP contribution in [0.5, 0.6) is 0 Å². The Balaban J connectivity index is 2.82. The zero-order chi connectivity index (χ0) is 9.42. The van der Waals surface area contributed by atoms with Gasteiger partial charge in [-0.2, -0.15) is 0 Å². The van der Waals surface area contributed by atoms with Gasteiger partial charge in [0.2, 0.25) is 0 Å². The predicted molar refractivity (Wildman–Crippen MR) is 51.6 cm³/mol. The maximum absolute atomic E-state index is 10.4. The molecule has 0 spiro atoms. The number of carbonyl (C=O) groups is 1. The van der Waals surface area contributed by atoms with Gasteiger partial charge in [0.25, 0.3) is 0 Å². The lowest BCUT2D eigenvalue weighted by atomic mass is 10.2. The van der Waals surface area contributed by atoms with E-state index >= 15 is 0 Å². The summed E-state index contributed by atoms with van der Waals surface area (Å²) in [4.78, 5) is 10.4. The van der Waals surface area contributed by atoms with Gasteiger partial charge in [0.1, 0.15) is 5.58 Å². The highest BCUT2D eigenvalue weighted by Crippen LogP contribution is 2.29. The van der Waals surface area contributed by atoms with E-state index in [1.54, 1.807) is 18.2 Å². The molecule has 0 aliphatic rings. The summed E-state index contributed by atoms with van der Waals surface area (Å²) in [7, 11) is 0. The maximum atomic E-state index is 10.4. The van der Waals surface area contributed by atoms with E-state index in [2.05, 4.69) is 0 Å². The Kier molecular flexibility index (Phi) is 2.02. The molecule has 13 heavy (non-hydrogen) atoms. The van der Waals surface area contributed by atoms with Gasteiger partial charge in [-0.25, -0.2) is 0 Å². The van der Waals surface area contributed by atoms with Crippen LogP contribution >= 0.6 is 23.2 Å². The molecule has 0 saturated carbocycles. The summed E-state index contributed by atoms with van der Waals surface area (Å²) in [6.07, 6.45) is 0.629. The molecule has 0 unspecified atom stereocenters. The molecule has 66 valence electrons. The van der Waals surface area contributed by atoms with Gasteiger partial charge < -0.3 is 4.42 Å². The Labute approximate surface area is 84.0 Å². The quantitative estimate of drug-likeness (QED) is 0.680. The molecule has 0 aliphatic heterocycles. The van der Waals surface area contributed by atoms with Crippen LogP contribution in [-0.4, -0.2) is 6.29 Å². The van der Waals surface area contributed by atoms with Crippen LogP contribution in [0.3, 0.4) is 0 Å². The number of benzene rings is 1. The van der Waals surface area contributed by atoms with E-state index in [0.29, 0.717) is 27.3 Å². The van der Waals surface area contributed by atoms with Crippen molar-refractivity contribution in [2.24, 2.45) is 0 Å². The minimum Gasteiger partial charge on any atom is -0.453 e. The zero-order valence-electron chi connectivity index (χ0n) is 6.38. The average molecular weight is 215 g/mol. The van der Waals surface area contributed by atoms with E-state index in [1.165, 1.54) is 0 Å². The highest BCUT2D eigenvalue weighted by molar-refractivity contribution is 6.38. The fourth-order valence-corrected chi connectivity index (χ4v) is 1.67. The Bertz CT molecular complexity index is 474. The number of hydrogen-bond acceptors (Lipinski definition) is 2. The number of aldehydes is 1. The molecule has 1 heterocycles. The van der Waals surface area contributed by atoms with E-state index in [-0.39, 0.29) is 5.76 Å². The summed E-state index contributed by atoms with van der Waals surface area (Å²) in [6.45, 7) is 0. The van der Waals surface area contributed by atoms with Crippen molar-refractivity contribution in [3.63, 3.8) is 0 Å². The third kappa shape index (κ3) is 1.43. The molecule has 2 nitrogen and oxygen atoms in total. The second-order valence-corrected chi connectivity index (χ2v) is 3.41. The Morgan fingerprint density at radius 1 is 1.23 bits per heavy atom. The number of halogens is 2. The molecule has 4 heteroatoms. The highest BCUT2D eigenvalue weighted by atomic mass is 35.5. The van der Waals surface area contributed by atoms with Gasteiger partial charge in [-0.1, -0.05) is 23.2 Å². The summed E-state index contributed by atoms with van der Waals surface area (Å²) < 4.78 is 5.14. The molecular weight excluding hydrogens is 211 g/mol. The topological polar surface area (TPSA) is 30.2 Å². The Hall–Kier alpha value is -0.990. The molecule has 1 aromatic heterocycles. The van der Waals surface area contributed by atoms with E-state index in [9.17, 15) is 4.79 Å². The van der Waals surface area contributed by atoms with Gasteiger partial charge >= 0.3 is 0 Å². The smallest absolute Gasteiger partial charge is 0.185 e. The van der Waals surface area contributed by atoms with Crippen molar-refractivity contribution < 1.29 is 9.21 Å². The molecule has 0 fully saturated rings. The van der Waals surface area contributed by atoms with Crippen LogP contribution in [0.25, 0.3) is 11.0 Å². The molecule has 0 atom stereocenters. The van der Waals surface area contributed by atoms with Gasteiger partial charge in [0, 0.05) is 16.5 Å². The van der Waals surface area contributed by atoms with Crippen LogP contribution in [0.4, 0.5) is 0 Å². The monoisotopic (exact) mass is 214 g/mol. The number of furan rings is 1. The van der Waals surface area contributed by atoms with Crippen molar-refractivity contribution in [1.82, 2.24) is 0 Å². The Morgan fingerprint density at radius 3 is 2.69 bits per heavy atom. The molecule has 0 N–H and O–H groups in total. The van der Waals surface area contributed by atoms with E-state index < -0.39 is 0 Å². The number of fused-ring (bicyclic) bond motifs is 1. The molecular formula is C9H4Cl2O2. The second kappa shape index (κ2) is 3.05. The first kappa shape index (κ1) is 8.60. The summed E-state index contributed by atoms with van der Waals surface area (Å²) in [5, 5.41) is 1.68. The molecule has 0 aliphatic carbocycles. The molecule has 0 radical (unpaired) electrons. The van der Waals surface area contributed by atoms with Crippen molar-refractivity contribution in [1.29, 1.82) is 0 Å². The largest absolute Gasteiger partial charge is 0.453 e. The van der Waals surface area contributed by atoms with E-state index in [4.69, 9.17) is 27.6 Å². The van der Waals surface area contributed by atoms with Gasteiger partial charge in [-0.3, -0.25) is 4.79 Å². The summed E-state index contributed by atoms with van der Waals surface area (Å²) in [5.41, 5.74) is 0.527. The first-order chi connectivity index (χ1) is 6.20. The van der Waals surface area contributed by atoms with Gasteiger partial charge in [-0.05, 0) is 12.1 Å². The number of rotatable bonds is 1. The van der Waals surface area contributed by atoms with Crippen molar-refractivity contribution in [2.75, 3.05) is 0 Å². The molecule has 2 rings (SSSR count). The molecule has 2 aromatic rings. The third-order valence-electron chi connectivity index (χ3n) is 1.69. The van der Waals surface area contributed by atoms with Gasteiger partial charge in [0.05, 0.1) is 5.02 Å². The normalized spacial score (nSPS) is 10.6. The minimum atomic E-state index is 0.249. The number of hydrogen-bond donors (Lipinski definition) is 0. The summed E-state index contributed by atoms with van der Waals surface area (Å²) in [6, 6.07) is 4.81. The van der Waals surface area contributed by atoms with Crippen molar-refractivity contribution in [3.05, 3.63) is 34.0 Å². The fourth-order valence-electron chi connectivity index (χ4n) is 1.14. The van der Waals surface area contributed by atoms with Crippen molar-refractivity contribution in [2.45, 2.75) is 0 Å². The molecule has 0 bridgehead atoms.